The molecule has 1 saturated heterocycles. The number of hydrogen-bond donors (Lipinski definition) is 2. The zero-order valence-electron chi connectivity index (χ0n) is 11.7. The van der Waals surface area contributed by atoms with E-state index < -0.39 is 18.3 Å². The summed E-state index contributed by atoms with van der Waals surface area (Å²) >= 11 is 0. The van der Waals surface area contributed by atoms with Gasteiger partial charge in [-0.3, -0.25) is 9.80 Å². The molecule has 2 atom stereocenters. The highest BCUT2D eigenvalue weighted by Crippen LogP contribution is 2.30. The summed E-state index contributed by atoms with van der Waals surface area (Å²) in [7, 11) is 0. The number of piperazine rings is 1. The van der Waals surface area contributed by atoms with Crippen LogP contribution in [0.2, 0.25) is 0 Å². The molecule has 2 unspecified atom stereocenters. The highest BCUT2D eigenvalue weighted by Gasteiger charge is 2.37. The third-order valence-corrected chi connectivity index (χ3v) is 4.50. The molecule has 2 aliphatic rings. The normalized spacial score (nSPS) is 34.4. The van der Waals surface area contributed by atoms with Crippen molar-refractivity contribution in [2.45, 2.75) is 43.4 Å². The summed E-state index contributed by atoms with van der Waals surface area (Å²) < 4.78 is 37.0. The second-order valence-electron chi connectivity index (χ2n) is 6.20. The molecule has 7 heteroatoms. The number of halogens is 3. The SMILES string of the molecule is NC1(CO)CCCC(N2CCN(CC(F)(F)F)CC2)C1. The molecule has 4 nitrogen and oxygen atoms in total. The van der Waals surface area contributed by atoms with Crippen LogP contribution < -0.4 is 5.73 Å². The van der Waals surface area contributed by atoms with Gasteiger partial charge in [-0.15, -0.1) is 0 Å². The summed E-state index contributed by atoms with van der Waals surface area (Å²) in [5.74, 6) is 0. The Morgan fingerprint density at radius 3 is 2.40 bits per heavy atom. The van der Waals surface area contributed by atoms with E-state index in [4.69, 9.17) is 5.73 Å². The summed E-state index contributed by atoms with van der Waals surface area (Å²) in [4.78, 5) is 3.70. The molecule has 2 rings (SSSR count). The van der Waals surface area contributed by atoms with Crippen LogP contribution in [0.25, 0.3) is 0 Å². The number of aliphatic hydroxyl groups excluding tert-OH is 1. The van der Waals surface area contributed by atoms with Crippen molar-refractivity contribution in [2.24, 2.45) is 5.73 Å². The average molecular weight is 295 g/mol. The summed E-state index contributed by atoms with van der Waals surface area (Å²) in [6.45, 7) is 1.38. The van der Waals surface area contributed by atoms with Gasteiger partial charge in [0.25, 0.3) is 0 Å². The first kappa shape index (κ1) is 16.0. The van der Waals surface area contributed by atoms with Gasteiger partial charge in [-0.2, -0.15) is 13.2 Å². The van der Waals surface area contributed by atoms with Crippen molar-refractivity contribution in [1.82, 2.24) is 9.80 Å². The maximum Gasteiger partial charge on any atom is 0.401 e. The van der Waals surface area contributed by atoms with Gasteiger partial charge in [0.1, 0.15) is 0 Å². The topological polar surface area (TPSA) is 52.7 Å². The molecule has 1 saturated carbocycles. The van der Waals surface area contributed by atoms with E-state index in [-0.39, 0.29) is 6.61 Å². The smallest absolute Gasteiger partial charge is 0.394 e. The molecule has 1 aliphatic heterocycles. The third kappa shape index (κ3) is 4.31. The second-order valence-corrected chi connectivity index (χ2v) is 6.20. The highest BCUT2D eigenvalue weighted by atomic mass is 19.4. The standard InChI is InChI=1S/C13H24F3N3O/c14-13(15,16)9-18-4-6-19(7-5-18)11-2-1-3-12(17,8-11)10-20/h11,20H,1-10,17H2. The predicted molar refractivity (Wildman–Crippen MR) is 70.3 cm³/mol. The van der Waals surface area contributed by atoms with E-state index in [1.54, 1.807) is 0 Å². The number of rotatable bonds is 3. The van der Waals surface area contributed by atoms with E-state index in [0.29, 0.717) is 32.2 Å². The lowest BCUT2D eigenvalue weighted by Crippen LogP contribution is -2.57. The summed E-state index contributed by atoms with van der Waals surface area (Å²) in [5, 5.41) is 9.36. The Morgan fingerprint density at radius 2 is 1.85 bits per heavy atom. The summed E-state index contributed by atoms with van der Waals surface area (Å²) in [5.41, 5.74) is 5.62. The van der Waals surface area contributed by atoms with Gasteiger partial charge in [0.05, 0.1) is 13.2 Å². The van der Waals surface area contributed by atoms with Gasteiger partial charge in [0.15, 0.2) is 0 Å². The van der Waals surface area contributed by atoms with Gasteiger partial charge in [0, 0.05) is 37.8 Å². The molecule has 1 heterocycles. The number of alkyl halides is 3. The Bertz CT molecular complexity index is 318. The molecular weight excluding hydrogens is 271 g/mol. The number of hydrogen-bond acceptors (Lipinski definition) is 4. The van der Waals surface area contributed by atoms with Crippen LogP contribution in [0.4, 0.5) is 13.2 Å². The predicted octanol–water partition coefficient (Wildman–Crippen LogP) is 0.799. The number of aliphatic hydroxyl groups is 1. The van der Waals surface area contributed by atoms with E-state index in [9.17, 15) is 18.3 Å². The fourth-order valence-electron chi connectivity index (χ4n) is 3.36. The van der Waals surface area contributed by atoms with Gasteiger partial charge < -0.3 is 10.8 Å². The fourth-order valence-corrected chi connectivity index (χ4v) is 3.36. The lowest BCUT2D eigenvalue weighted by atomic mass is 9.79. The minimum absolute atomic E-state index is 0.0163. The maximum absolute atomic E-state index is 12.3. The Kier molecular flexibility index (Phi) is 4.94. The van der Waals surface area contributed by atoms with E-state index in [1.807, 2.05) is 0 Å². The third-order valence-electron chi connectivity index (χ3n) is 4.50. The van der Waals surface area contributed by atoms with E-state index >= 15 is 0 Å². The average Bonchev–Trinajstić information content (AvgIpc) is 2.38. The monoisotopic (exact) mass is 295 g/mol. The summed E-state index contributed by atoms with van der Waals surface area (Å²) in [6.07, 6.45) is -0.546. The van der Waals surface area contributed by atoms with Crippen molar-refractivity contribution >= 4 is 0 Å². The first-order chi connectivity index (χ1) is 9.31. The van der Waals surface area contributed by atoms with Crippen molar-refractivity contribution < 1.29 is 18.3 Å². The van der Waals surface area contributed by atoms with E-state index in [2.05, 4.69) is 4.90 Å². The molecule has 0 aromatic heterocycles. The van der Waals surface area contributed by atoms with Crippen LogP contribution in [0.15, 0.2) is 0 Å². The van der Waals surface area contributed by atoms with Crippen LogP contribution in [0.1, 0.15) is 25.7 Å². The first-order valence-electron chi connectivity index (χ1n) is 7.24. The van der Waals surface area contributed by atoms with Gasteiger partial charge in [-0.1, -0.05) is 0 Å². The van der Waals surface area contributed by atoms with Crippen LogP contribution in [-0.4, -0.2) is 72.0 Å². The maximum atomic E-state index is 12.3. The molecule has 20 heavy (non-hydrogen) atoms. The molecule has 0 aromatic carbocycles. The van der Waals surface area contributed by atoms with Crippen molar-refractivity contribution in [1.29, 1.82) is 0 Å². The van der Waals surface area contributed by atoms with Crippen molar-refractivity contribution in [3.8, 4) is 0 Å². The van der Waals surface area contributed by atoms with Crippen molar-refractivity contribution in [3.05, 3.63) is 0 Å². The highest BCUT2D eigenvalue weighted by molar-refractivity contribution is 4.94. The molecule has 0 spiro atoms. The molecule has 0 bridgehead atoms. The quantitative estimate of drug-likeness (QED) is 0.808. The molecule has 1 aliphatic carbocycles. The molecule has 118 valence electrons. The van der Waals surface area contributed by atoms with Crippen LogP contribution in [0.3, 0.4) is 0 Å². The van der Waals surface area contributed by atoms with E-state index in [0.717, 1.165) is 25.7 Å². The minimum Gasteiger partial charge on any atom is -0.394 e. The van der Waals surface area contributed by atoms with Crippen LogP contribution >= 0.6 is 0 Å². The van der Waals surface area contributed by atoms with Crippen molar-refractivity contribution in [2.75, 3.05) is 39.3 Å². The lowest BCUT2D eigenvalue weighted by molar-refractivity contribution is -0.150. The van der Waals surface area contributed by atoms with Crippen molar-refractivity contribution in [3.63, 3.8) is 0 Å². The largest absolute Gasteiger partial charge is 0.401 e. The Labute approximate surface area is 117 Å². The number of nitrogens with two attached hydrogens (primary N) is 1. The van der Waals surface area contributed by atoms with Gasteiger partial charge in [-0.05, 0) is 25.7 Å². The van der Waals surface area contributed by atoms with Crippen LogP contribution in [0.5, 0.6) is 0 Å². The molecule has 3 N–H and O–H groups in total. The zero-order chi connectivity index (χ0) is 14.8. The van der Waals surface area contributed by atoms with E-state index in [1.165, 1.54) is 4.90 Å². The molecular formula is C13H24F3N3O. The number of nitrogens with zero attached hydrogens (tertiary/aromatic N) is 2. The molecule has 0 aromatic rings. The fraction of sp³-hybridized carbons (Fsp3) is 1.00. The Hall–Kier alpha value is -0.370. The van der Waals surface area contributed by atoms with Gasteiger partial charge >= 0.3 is 6.18 Å². The first-order valence-corrected chi connectivity index (χ1v) is 7.24. The summed E-state index contributed by atoms with van der Waals surface area (Å²) in [6, 6.07) is 0.300. The molecule has 2 fully saturated rings. The van der Waals surface area contributed by atoms with Gasteiger partial charge in [0.2, 0.25) is 0 Å². The van der Waals surface area contributed by atoms with Crippen LogP contribution in [0, 0.1) is 0 Å². The zero-order valence-corrected chi connectivity index (χ0v) is 11.7. The lowest BCUT2D eigenvalue weighted by Gasteiger charge is -2.45. The van der Waals surface area contributed by atoms with Crippen LogP contribution in [-0.2, 0) is 0 Å². The Morgan fingerprint density at radius 1 is 1.20 bits per heavy atom. The minimum atomic E-state index is -4.11. The molecule has 0 radical (unpaired) electrons. The second kappa shape index (κ2) is 6.17. The van der Waals surface area contributed by atoms with Gasteiger partial charge in [-0.25, -0.2) is 0 Å². The Balaban J connectivity index is 1.81. The molecule has 0 amide bonds.